The lowest BCUT2D eigenvalue weighted by molar-refractivity contribution is -0.114. The molecular weight excluding hydrogens is 268 g/mol. The van der Waals surface area contributed by atoms with Crippen LogP contribution < -0.4 is 10.5 Å². The average molecular weight is 290 g/mol. The van der Waals surface area contributed by atoms with E-state index in [1.165, 1.54) is 0 Å². The second-order valence-corrected chi connectivity index (χ2v) is 7.71. The van der Waals surface area contributed by atoms with Crippen molar-refractivity contribution in [2.24, 2.45) is 11.7 Å². The van der Waals surface area contributed by atoms with Gasteiger partial charge in [0.15, 0.2) is 0 Å². The van der Waals surface area contributed by atoms with Gasteiger partial charge in [0.1, 0.15) is 0 Å². The Labute approximate surface area is 114 Å². The molecule has 2 aliphatic heterocycles. The van der Waals surface area contributed by atoms with E-state index in [-0.39, 0.29) is 23.4 Å². The molecule has 3 rings (SSSR count). The predicted molar refractivity (Wildman–Crippen MR) is 70.1 cm³/mol. The number of sulfonamides is 1. The van der Waals surface area contributed by atoms with Crippen LogP contribution in [0, 0.1) is 5.92 Å². The van der Waals surface area contributed by atoms with Crippen LogP contribution >= 0.6 is 0 Å². The Morgan fingerprint density at radius 3 is 2.58 bits per heavy atom. The zero-order chi connectivity index (χ0) is 13.5. The van der Waals surface area contributed by atoms with Crippen molar-refractivity contribution in [2.45, 2.75) is 49.1 Å². The van der Waals surface area contributed by atoms with E-state index in [9.17, 15) is 8.42 Å². The molecule has 6 nitrogen and oxygen atoms in total. The van der Waals surface area contributed by atoms with Crippen LogP contribution in [0.1, 0.15) is 25.7 Å². The number of hydrogen-bond acceptors (Lipinski definition) is 5. The normalized spacial score (nSPS) is 40.5. The van der Waals surface area contributed by atoms with Gasteiger partial charge in [0.2, 0.25) is 10.0 Å². The lowest BCUT2D eigenvalue weighted by Crippen LogP contribution is -2.72. The summed E-state index contributed by atoms with van der Waals surface area (Å²) in [6.45, 7) is 1.75. The number of ether oxygens (including phenoxy) is 2. The summed E-state index contributed by atoms with van der Waals surface area (Å²) in [5.41, 5.74) is 6.08. The SMILES string of the molecule is NC1C2CCCOC2C1NS(=O)(=O)C1CCOCC1. The molecule has 19 heavy (non-hydrogen) atoms. The topological polar surface area (TPSA) is 90.6 Å². The number of hydrogen-bond donors (Lipinski definition) is 2. The minimum atomic E-state index is -3.32. The molecule has 0 aromatic carbocycles. The van der Waals surface area contributed by atoms with Gasteiger partial charge in [-0.1, -0.05) is 0 Å². The summed E-state index contributed by atoms with van der Waals surface area (Å²) in [7, 11) is -3.32. The van der Waals surface area contributed by atoms with Crippen molar-refractivity contribution in [2.75, 3.05) is 19.8 Å². The highest BCUT2D eigenvalue weighted by atomic mass is 32.2. The van der Waals surface area contributed by atoms with Crippen LogP contribution in [0.5, 0.6) is 0 Å². The summed E-state index contributed by atoms with van der Waals surface area (Å²) >= 11 is 0. The van der Waals surface area contributed by atoms with Gasteiger partial charge in [-0.05, 0) is 25.7 Å². The van der Waals surface area contributed by atoms with Gasteiger partial charge in [-0.3, -0.25) is 0 Å². The monoisotopic (exact) mass is 290 g/mol. The van der Waals surface area contributed by atoms with E-state index in [0.717, 1.165) is 12.8 Å². The molecule has 110 valence electrons. The first-order valence-corrected chi connectivity index (χ1v) is 8.60. The van der Waals surface area contributed by atoms with Gasteiger partial charge < -0.3 is 15.2 Å². The second kappa shape index (κ2) is 5.29. The fourth-order valence-corrected chi connectivity index (χ4v) is 5.04. The molecule has 0 aromatic heterocycles. The molecule has 1 saturated carbocycles. The Kier molecular flexibility index (Phi) is 3.83. The summed E-state index contributed by atoms with van der Waals surface area (Å²) in [6, 6.07) is -0.363. The minimum absolute atomic E-state index is 0.0293. The third-order valence-electron chi connectivity index (χ3n) is 4.58. The van der Waals surface area contributed by atoms with Crippen molar-refractivity contribution in [1.82, 2.24) is 4.72 Å². The maximum absolute atomic E-state index is 12.3. The van der Waals surface area contributed by atoms with Crippen LogP contribution in [0.3, 0.4) is 0 Å². The zero-order valence-corrected chi connectivity index (χ0v) is 11.8. The van der Waals surface area contributed by atoms with Crippen molar-refractivity contribution < 1.29 is 17.9 Å². The van der Waals surface area contributed by atoms with Gasteiger partial charge in [0, 0.05) is 31.8 Å². The maximum atomic E-state index is 12.3. The van der Waals surface area contributed by atoms with Gasteiger partial charge in [0.25, 0.3) is 0 Å². The fourth-order valence-electron chi connectivity index (χ4n) is 3.37. The first kappa shape index (κ1) is 13.8. The molecule has 4 unspecified atom stereocenters. The van der Waals surface area contributed by atoms with Gasteiger partial charge in [0.05, 0.1) is 17.4 Å². The number of fused-ring (bicyclic) bond motifs is 1. The number of nitrogens with one attached hydrogen (secondary N) is 1. The van der Waals surface area contributed by atoms with Gasteiger partial charge in [-0.2, -0.15) is 0 Å². The summed E-state index contributed by atoms with van der Waals surface area (Å²) in [5.74, 6) is 0.316. The van der Waals surface area contributed by atoms with E-state index in [0.29, 0.717) is 38.6 Å². The fraction of sp³-hybridized carbons (Fsp3) is 1.00. The van der Waals surface area contributed by atoms with E-state index in [2.05, 4.69) is 4.72 Å². The standard InChI is InChI=1S/C12H22N2O4S/c13-10-9-2-1-5-18-12(9)11(10)14-19(15,16)8-3-6-17-7-4-8/h8-12,14H,1-7,13H2. The molecule has 0 radical (unpaired) electrons. The Bertz CT molecular complexity index is 421. The number of nitrogens with two attached hydrogens (primary N) is 1. The molecule has 3 aliphatic rings. The first-order chi connectivity index (χ1) is 9.09. The third kappa shape index (κ3) is 2.54. The molecule has 3 fully saturated rings. The first-order valence-electron chi connectivity index (χ1n) is 7.05. The van der Waals surface area contributed by atoms with E-state index in [4.69, 9.17) is 15.2 Å². The van der Waals surface area contributed by atoms with Crippen molar-refractivity contribution in [3.05, 3.63) is 0 Å². The smallest absolute Gasteiger partial charge is 0.215 e. The summed E-state index contributed by atoms with van der Waals surface area (Å²) in [6.07, 6.45) is 3.16. The van der Waals surface area contributed by atoms with Crippen molar-refractivity contribution >= 4 is 10.0 Å². The molecular formula is C12H22N2O4S. The molecule has 0 bridgehead atoms. The Hall–Kier alpha value is -0.210. The van der Waals surface area contributed by atoms with Crippen LogP contribution in [-0.4, -0.2) is 51.7 Å². The Morgan fingerprint density at radius 2 is 1.84 bits per heavy atom. The predicted octanol–water partition coefficient (Wildman–Crippen LogP) is -0.410. The van der Waals surface area contributed by atoms with Gasteiger partial charge >= 0.3 is 0 Å². The van der Waals surface area contributed by atoms with Crippen LogP contribution in [-0.2, 0) is 19.5 Å². The summed E-state index contributed by atoms with van der Waals surface area (Å²) < 4.78 is 38.3. The molecule has 2 heterocycles. The molecule has 1 aliphatic carbocycles. The van der Waals surface area contributed by atoms with Crippen molar-refractivity contribution in [3.8, 4) is 0 Å². The lowest BCUT2D eigenvalue weighted by Gasteiger charge is -2.52. The highest BCUT2D eigenvalue weighted by Gasteiger charge is 2.52. The molecule has 3 N–H and O–H groups in total. The van der Waals surface area contributed by atoms with Gasteiger partial charge in [-0.15, -0.1) is 0 Å². The second-order valence-electron chi connectivity index (χ2n) is 5.72. The van der Waals surface area contributed by atoms with Crippen molar-refractivity contribution in [1.29, 1.82) is 0 Å². The van der Waals surface area contributed by atoms with E-state index in [1.54, 1.807) is 0 Å². The maximum Gasteiger partial charge on any atom is 0.215 e. The summed E-state index contributed by atoms with van der Waals surface area (Å²) in [4.78, 5) is 0. The molecule has 2 saturated heterocycles. The van der Waals surface area contributed by atoms with Crippen LogP contribution in [0.4, 0.5) is 0 Å². The molecule has 0 spiro atoms. The largest absolute Gasteiger partial charge is 0.381 e. The quantitative estimate of drug-likeness (QED) is 0.737. The Balaban J connectivity index is 1.64. The van der Waals surface area contributed by atoms with Crippen LogP contribution in [0.2, 0.25) is 0 Å². The molecule has 0 amide bonds. The summed E-state index contributed by atoms with van der Waals surface area (Å²) in [5, 5.41) is -0.351. The molecule has 7 heteroatoms. The van der Waals surface area contributed by atoms with E-state index in [1.807, 2.05) is 0 Å². The Morgan fingerprint density at radius 1 is 1.11 bits per heavy atom. The highest BCUT2D eigenvalue weighted by molar-refractivity contribution is 7.90. The zero-order valence-electron chi connectivity index (χ0n) is 11.0. The van der Waals surface area contributed by atoms with E-state index >= 15 is 0 Å². The molecule has 4 atom stereocenters. The number of rotatable bonds is 3. The van der Waals surface area contributed by atoms with Crippen LogP contribution in [0.25, 0.3) is 0 Å². The third-order valence-corrected chi connectivity index (χ3v) is 6.53. The highest BCUT2D eigenvalue weighted by Crippen LogP contribution is 2.37. The lowest BCUT2D eigenvalue weighted by atomic mass is 9.69. The minimum Gasteiger partial charge on any atom is -0.381 e. The average Bonchev–Trinajstić information content (AvgIpc) is 2.45. The molecule has 0 aromatic rings. The van der Waals surface area contributed by atoms with Crippen LogP contribution in [0.15, 0.2) is 0 Å². The van der Waals surface area contributed by atoms with Gasteiger partial charge in [-0.25, -0.2) is 13.1 Å². The van der Waals surface area contributed by atoms with Crippen molar-refractivity contribution in [3.63, 3.8) is 0 Å². The van der Waals surface area contributed by atoms with E-state index < -0.39 is 10.0 Å².